The largest absolute Gasteiger partial charge is 0.393 e. The second kappa shape index (κ2) is 8.40. The molecule has 1 spiro atoms. The SMILES string of the molecule is N#Cc1cc(NC(=O)C2CC2)ccc1N1CCCC2(CCN([C@H]3CC[C@H](O)CC3)C2=O)C1. The first-order valence-electron chi connectivity index (χ1n) is 12.1. The minimum atomic E-state index is -0.375. The number of anilines is 2. The average molecular weight is 437 g/mol. The van der Waals surface area contributed by atoms with Gasteiger partial charge in [-0.25, -0.2) is 0 Å². The fourth-order valence-electron chi connectivity index (χ4n) is 5.85. The van der Waals surface area contributed by atoms with E-state index in [1.54, 1.807) is 6.07 Å². The number of benzene rings is 1. The van der Waals surface area contributed by atoms with Gasteiger partial charge >= 0.3 is 0 Å². The van der Waals surface area contributed by atoms with Crippen molar-refractivity contribution in [2.24, 2.45) is 11.3 Å². The molecule has 2 N–H and O–H groups in total. The molecular formula is C25H32N4O3. The summed E-state index contributed by atoms with van der Waals surface area (Å²) in [4.78, 5) is 29.9. The van der Waals surface area contributed by atoms with Gasteiger partial charge in [0.05, 0.1) is 22.8 Å². The number of amides is 2. The highest BCUT2D eigenvalue weighted by atomic mass is 16.3. The van der Waals surface area contributed by atoms with E-state index in [0.717, 1.165) is 76.6 Å². The molecule has 1 aromatic rings. The molecule has 7 nitrogen and oxygen atoms in total. The molecule has 2 saturated heterocycles. The van der Waals surface area contributed by atoms with Crippen LogP contribution < -0.4 is 10.2 Å². The molecule has 4 fully saturated rings. The van der Waals surface area contributed by atoms with E-state index in [2.05, 4.69) is 21.2 Å². The fraction of sp³-hybridized carbons (Fsp3) is 0.640. The molecule has 0 radical (unpaired) electrons. The van der Waals surface area contributed by atoms with Crippen molar-refractivity contribution >= 4 is 23.2 Å². The fourth-order valence-corrected chi connectivity index (χ4v) is 5.85. The summed E-state index contributed by atoms with van der Waals surface area (Å²) in [5.41, 5.74) is 1.68. The highest BCUT2D eigenvalue weighted by Crippen LogP contribution is 2.44. The summed E-state index contributed by atoms with van der Waals surface area (Å²) in [5.74, 6) is 0.409. The van der Waals surface area contributed by atoms with Crippen LogP contribution in [0.1, 0.15) is 63.4 Å². The third kappa shape index (κ3) is 3.97. The number of nitrogens with zero attached hydrogens (tertiary/aromatic N) is 3. The Labute approximate surface area is 189 Å². The number of piperidine rings is 1. The monoisotopic (exact) mass is 436 g/mol. The van der Waals surface area contributed by atoms with E-state index in [0.29, 0.717) is 17.8 Å². The minimum absolute atomic E-state index is 0.0328. The third-order valence-corrected chi connectivity index (χ3v) is 7.90. The van der Waals surface area contributed by atoms with Crippen LogP contribution in [0, 0.1) is 22.7 Å². The van der Waals surface area contributed by atoms with Crippen molar-refractivity contribution in [1.29, 1.82) is 5.26 Å². The number of likely N-dealkylation sites (tertiary alicyclic amines) is 1. The zero-order valence-electron chi connectivity index (χ0n) is 18.6. The van der Waals surface area contributed by atoms with Crippen molar-refractivity contribution in [2.75, 3.05) is 29.9 Å². The first kappa shape index (κ1) is 21.3. The minimum Gasteiger partial charge on any atom is -0.393 e. The molecule has 5 rings (SSSR count). The molecule has 7 heteroatoms. The van der Waals surface area contributed by atoms with Gasteiger partial charge in [0.25, 0.3) is 0 Å². The average Bonchev–Trinajstić information content (AvgIpc) is 3.61. The predicted molar refractivity (Wildman–Crippen MR) is 121 cm³/mol. The lowest BCUT2D eigenvalue weighted by Crippen LogP contribution is -2.50. The van der Waals surface area contributed by atoms with Gasteiger partial charge in [0.1, 0.15) is 6.07 Å². The van der Waals surface area contributed by atoms with Crippen molar-refractivity contribution in [2.45, 2.75) is 69.9 Å². The van der Waals surface area contributed by atoms with Crippen LogP contribution in [0.15, 0.2) is 18.2 Å². The van der Waals surface area contributed by atoms with Crippen LogP contribution in [0.5, 0.6) is 0 Å². The Morgan fingerprint density at radius 1 is 1.12 bits per heavy atom. The maximum Gasteiger partial charge on any atom is 0.230 e. The van der Waals surface area contributed by atoms with Crippen LogP contribution in [-0.2, 0) is 9.59 Å². The molecule has 0 bridgehead atoms. The van der Waals surface area contributed by atoms with Gasteiger partial charge in [0.15, 0.2) is 0 Å². The molecular weight excluding hydrogens is 404 g/mol. The van der Waals surface area contributed by atoms with Crippen LogP contribution in [0.2, 0.25) is 0 Å². The standard InChI is InChI=1S/C25H32N4O3/c26-15-18-14-19(27-23(31)17-2-3-17)4-9-22(18)28-12-1-10-25(16-28)11-13-29(24(25)32)20-5-7-21(30)8-6-20/h4,9,14,17,20-21,30H,1-3,5-8,10-13,16H2,(H,27,31)/t20-,21-,25?. The van der Waals surface area contributed by atoms with Crippen LogP contribution in [-0.4, -0.2) is 53.6 Å². The van der Waals surface area contributed by atoms with Gasteiger partial charge < -0.3 is 20.2 Å². The summed E-state index contributed by atoms with van der Waals surface area (Å²) in [6.45, 7) is 2.26. The summed E-state index contributed by atoms with van der Waals surface area (Å²) in [6.07, 6.45) is 7.68. The molecule has 2 amide bonds. The Kier molecular flexibility index (Phi) is 5.58. The topological polar surface area (TPSA) is 96.7 Å². The Morgan fingerprint density at radius 2 is 1.91 bits per heavy atom. The summed E-state index contributed by atoms with van der Waals surface area (Å²) in [6, 6.07) is 8.09. The van der Waals surface area contributed by atoms with Gasteiger partial charge in [0.2, 0.25) is 11.8 Å². The first-order chi connectivity index (χ1) is 15.5. The van der Waals surface area contributed by atoms with Crippen LogP contribution in [0.4, 0.5) is 11.4 Å². The molecule has 0 aromatic heterocycles. The van der Waals surface area contributed by atoms with E-state index in [1.165, 1.54) is 0 Å². The van der Waals surface area contributed by atoms with Crippen molar-refractivity contribution in [1.82, 2.24) is 4.90 Å². The summed E-state index contributed by atoms with van der Waals surface area (Å²) >= 11 is 0. The molecule has 1 unspecified atom stereocenters. The third-order valence-electron chi connectivity index (χ3n) is 7.90. The van der Waals surface area contributed by atoms with Gasteiger partial charge in [-0.1, -0.05) is 0 Å². The smallest absolute Gasteiger partial charge is 0.230 e. The maximum atomic E-state index is 13.6. The van der Waals surface area contributed by atoms with E-state index < -0.39 is 0 Å². The van der Waals surface area contributed by atoms with Crippen molar-refractivity contribution in [3.8, 4) is 6.07 Å². The quantitative estimate of drug-likeness (QED) is 0.756. The lowest BCUT2D eigenvalue weighted by molar-refractivity contribution is -0.139. The van der Waals surface area contributed by atoms with Crippen molar-refractivity contribution in [3.05, 3.63) is 23.8 Å². The number of nitrogens with one attached hydrogen (secondary N) is 1. The second-order valence-corrected chi connectivity index (χ2v) is 10.1. The molecule has 2 aliphatic carbocycles. The summed E-state index contributed by atoms with van der Waals surface area (Å²) < 4.78 is 0. The lowest BCUT2D eigenvalue weighted by Gasteiger charge is -2.41. The van der Waals surface area contributed by atoms with Crippen LogP contribution >= 0.6 is 0 Å². The number of nitriles is 1. The van der Waals surface area contributed by atoms with E-state index in [9.17, 15) is 20.0 Å². The molecule has 2 aliphatic heterocycles. The Balaban J connectivity index is 1.31. The van der Waals surface area contributed by atoms with Crippen molar-refractivity contribution in [3.63, 3.8) is 0 Å². The molecule has 170 valence electrons. The second-order valence-electron chi connectivity index (χ2n) is 10.1. The zero-order valence-corrected chi connectivity index (χ0v) is 18.6. The highest BCUT2D eigenvalue weighted by molar-refractivity contribution is 5.94. The molecule has 32 heavy (non-hydrogen) atoms. The summed E-state index contributed by atoms with van der Waals surface area (Å²) in [7, 11) is 0. The molecule has 1 atom stereocenters. The van der Waals surface area contributed by atoms with Crippen LogP contribution in [0.25, 0.3) is 0 Å². The van der Waals surface area contributed by atoms with Gasteiger partial charge in [-0.3, -0.25) is 9.59 Å². The van der Waals surface area contributed by atoms with Crippen molar-refractivity contribution < 1.29 is 14.7 Å². The van der Waals surface area contributed by atoms with E-state index in [4.69, 9.17) is 0 Å². The number of carbonyl (C=O) groups is 2. The lowest BCUT2D eigenvalue weighted by atomic mass is 9.78. The molecule has 4 aliphatic rings. The highest BCUT2D eigenvalue weighted by Gasteiger charge is 2.50. The van der Waals surface area contributed by atoms with Gasteiger partial charge in [-0.2, -0.15) is 5.26 Å². The number of carbonyl (C=O) groups excluding carboxylic acids is 2. The normalized spacial score (nSPS) is 30.4. The maximum absolute atomic E-state index is 13.6. The molecule has 2 heterocycles. The predicted octanol–water partition coefficient (Wildman–Crippen LogP) is 3.03. The first-order valence-corrected chi connectivity index (χ1v) is 12.1. The Hall–Kier alpha value is -2.59. The van der Waals surface area contributed by atoms with E-state index >= 15 is 0 Å². The number of aliphatic hydroxyl groups is 1. The zero-order chi connectivity index (χ0) is 22.3. The number of hydrogen-bond acceptors (Lipinski definition) is 5. The van der Waals surface area contributed by atoms with Crippen LogP contribution in [0.3, 0.4) is 0 Å². The van der Waals surface area contributed by atoms with Gasteiger partial charge in [-0.15, -0.1) is 0 Å². The molecule has 2 saturated carbocycles. The summed E-state index contributed by atoms with van der Waals surface area (Å²) in [5, 5.41) is 22.5. The van der Waals surface area contributed by atoms with Gasteiger partial charge in [-0.05, 0) is 76.0 Å². The number of hydrogen-bond donors (Lipinski definition) is 2. The van der Waals surface area contributed by atoms with Gasteiger partial charge in [0, 0.05) is 37.3 Å². The van der Waals surface area contributed by atoms with E-state index in [1.807, 2.05) is 12.1 Å². The Morgan fingerprint density at radius 3 is 2.62 bits per heavy atom. The van der Waals surface area contributed by atoms with E-state index in [-0.39, 0.29) is 35.3 Å². The number of rotatable bonds is 4. The molecule has 1 aromatic carbocycles. The Bertz CT molecular complexity index is 945. The number of aliphatic hydroxyl groups excluding tert-OH is 1.